The highest BCUT2D eigenvalue weighted by molar-refractivity contribution is 6.30. The van der Waals surface area contributed by atoms with Crippen molar-refractivity contribution in [3.63, 3.8) is 0 Å². The van der Waals surface area contributed by atoms with E-state index in [1.807, 2.05) is 25.7 Å². The molecular weight excluding hydrogens is 535 g/mol. The minimum absolute atomic E-state index is 0.0222. The summed E-state index contributed by atoms with van der Waals surface area (Å²) in [5, 5.41) is 12.1. The minimum atomic E-state index is -1.02. The molecule has 8 nitrogen and oxygen atoms in total. The molecule has 3 aliphatic rings. The maximum Gasteiger partial charge on any atom is 0.256 e. The second-order valence-electron chi connectivity index (χ2n) is 12.1. The number of carbonyl (C=O) groups excluding carboxylic acids is 2. The smallest absolute Gasteiger partial charge is 0.256 e. The summed E-state index contributed by atoms with van der Waals surface area (Å²) in [6.45, 7) is 11.1. The lowest BCUT2D eigenvalue weighted by Crippen LogP contribution is -2.63. The lowest BCUT2D eigenvalue weighted by molar-refractivity contribution is -0.136. The van der Waals surface area contributed by atoms with Crippen LogP contribution in [0, 0.1) is 11.2 Å². The first-order valence-corrected chi connectivity index (χ1v) is 14.3. The summed E-state index contributed by atoms with van der Waals surface area (Å²) in [6, 6.07) is 9.16. The van der Waals surface area contributed by atoms with Gasteiger partial charge in [0.05, 0.1) is 30.5 Å². The summed E-state index contributed by atoms with van der Waals surface area (Å²) in [4.78, 5) is 34.8. The highest BCUT2D eigenvalue weighted by Gasteiger charge is 2.43. The van der Waals surface area contributed by atoms with Gasteiger partial charge in [-0.2, -0.15) is 0 Å². The Morgan fingerprint density at radius 1 is 1.05 bits per heavy atom. The number of hydrogen-bond acceptors (Lipinski definition) is 6. The van der Waals surface area contributed by atoms with Crippen molar-refractivity contribution in [2.45, 2.75) is 39.5 Å². The van der Waals surface area contributed by atoms with Crippen LogP contribution in [0.3, 0.4) is 0 Å². The number of fused-ring (bicyclic) bond motifs is 2. The van der Waals surface area contributed by atoms with Gasteiger partial charge < -0.3 is 24.5 Å². The predicted octanol–water partition coefficient (Wildman–Crippen LogP) is 3.71. The summed E-state index contributed by atoms with van der Waals surface area (Å²) in [6.07, 6.45) is -0.629. The maximum atomic E-state index is 14.8. The molecule has 10 heteroatoms. The average Bonchev–Trinajstić information content (AvgIpc) is 3.00. The molecule has 0 saturated carbocycles. The Morgan fingerprint density at radius 2 is 1.80 bits per heavy atom. The fourth-order valence-corrected chi connectivity index (χ4v) is 5.95. The fourth-order valence-electron chi connectivity index (χ4n) is 5.79. The molecule has 0 bridgehead atoms. The van der Waals surface area contributed by atoms with Crippen LogP contribution in [0.4, 0.5) is 10.1 Å². The number of aliphatic hydroxyl groups excluding tert-OH is 1. The standard InChI is InChI=1S/C30H38ClFN4O4/c1-30(2,3)18-27(37)34-9-11-36-26(19-34)29(39)35(10-8-33-12-14-40-15-13-33)25-7-4-20(16-23(25)28(36)38)22-6-5-21(31)17-24(22)32/h4-7,16-17,26,29,39H,8-15,18-19H2,1-3H3. The van der Waals surface area contributed by atoms with Gasteiger partial charge in [-0.15, -0.1) is 0 Å². The van der Waals surface area contributed by atoms with Crippen LogP contribution in [0.2, 0.25) is 5.02 Å². The fraction of sp³-hybridized carbons (Fsp3) is 0.533. The highest BCUT2D eigenvalue weighted by atomic mass is 35.5. The molecule has 0 radical (unpaired) electrons. The van der Waals surface area contributed by atoms with Crippen molar-refractivity contribution in [1.82, 2.24) is 14.7 Å². The molecule has 2 aromatic rings. The zero-order valence-electron chi connectivity index (χ0n) is 23.4. The van der Waals surface area contributed by atoms with E-state index < -0.39 is 18.1 Å². The van der Waals surface area contributed by atoms with Crippen molar-refractivity contribution in [2.24, 2.45) is 5.41 Å². The van der Waals surface area contributed by atoms with Crippen LogP contribution in [-0.4, -0.2) is 103 Å². The van der Waals surface area contributed by atoms with Crippen LogP contribution in [-0.2, 0) is 9.53 Å². The van der Waals surface area contributed by atoms with Crippen LogP contribution in [0.25, 0.3) is 11.1 Å². The first-order chi connectivity index (χ1) is 19.0. The summed E-state index contributed by atoms with van der Waals surface area (Å²) < 4.78 is 20.3. The third-order valence-electron chi connectivity index (χ3n) is 7.92. The quantitative estimate of drug-likeness (QED) is 0.589. The summed E-state index contributed by atoms with van der Waals surface area (Å²) >= 11 is 5.97. The second kappa shape index (κ2) is 11.6. The van der Waals surface area contributed by atoms with E-state index in [9.17, 15) is 19.1 Å². The molecule has 0 spiro atoms. The Labute approximate surface area is 240 Å². The molecule has 0 aliphatic carbocycles. The van der Waals surface area contributed by atoms with Gasteiger partial charge in [0.15, 0.2) is 0 Å². The number of rotatable bonds is 5. The van der Waals surface area contributed by atoms with Crippen LogP contribution in [0.1, 0.15) is 37.6 Å². The number of ether oxygens (including phenoxy) is 1. The molecule has 2 aromatic carbocycles. The Morgan fingerprint density at radius 3 is 2.50 bits per heavy atom. The van der Waals surface area contributed by atoms with Gasteiger partial charge in [-0.3, -0.25) is 14.5 Å². The third kappa shape index (κ3) is 6.12. The Kier molecular flexibility index (Phi) is 8.38. The number of benzene rings is 2. The number of carbonyl (C=O) groups is 2. The summed E-state index contributed by atoms with van der Waals surface area (Å²) in [7, 11) is 0. The van der Waals surface area contributed by atoms with E-state index >= 15 is 0 Å². The van der Waals surface area contributed by atoms with Crippen molar-refractivity contribution in [3.05, 3.63) is 52.8 Å². The number of halogens is 2. The van der Waals surface area contributed by atoms with E-state index in [2.05, 4.69) is 4.90 Å². The number of piperazine rings is 1. The molecule has 3 heterocycles. The first kappa shape index (κ1) is 28.8. The van der Waals surface area contributed by atoms with Crippen LogP contribution in [0.15, 0.2) is 36.4 Å². The summed E-state index contributed by atoms with van der Waals surface area (Å²) in [5.41, 5.74) is 1.75. The van der Waals surface area contributed by atoms with Crippen molar-refractivity contribution in [1.29, 1.82) is 0 Å². The molecule has 0 aromatic heterocycles. The van der Waals surface area contributed by atoms with E-state index in [0.29, 0.717) is 73.2 Å². The molecule has 3 aliphatic heterocycles. The van der Waals surface area contributed by atoms with Gasteiger partial charge >= 0.3 is 0 Å². The third-order valence-corrected chi connectivity index (χ3v) is 8.15. The lowest BCUT2D eigenvalue weighted by atomic mass is 9.91. The van der Waals surface area contributed by atoms with Gasteiger partial charge in [0.1, 0.15) is 12.0 Å². The van der Waals surface area contributed by atoms with E-state index in [1.54, 1.807) is 40.1 Å². The molecule has 1 N–H and O–H groups in total. The van der Waals surface area contributed by atoms with Gasteiger partial charge in [-0.1, -0.05) is 38.4 Å². The van der Waals surface area contributed by atoms with Crippen molar-refractivity contribution >= 4 is 29.1 Å². The molecule has 216 valence electrons. The maximum absolute atomic E-state index is 14.8. The molecule has 2 fully saturated rings. The minimum Gasteiger partial charge on any atom is -0.379 e. The Hall–Kier alpha value is -2.72. The predicted molar refractivity (Wildman–Crippen MR) is 153 cm³/mol. The van der Waals surface area contributed by atoms with Gasteiger partial charge in [0, 0.05) is 62.8 Å². The molecule has 2 unspecified atom stereocenters. The molecular formula is C30H38ClFN4O4. The molecule has 2 atom stereocenters. The van der Waals surface area contributed by atoms with Crippen molar-refractivity contribution in [3.8, 4) is 11.1 Å². The van der Waals surface area contributed by atoms with E-state index in [1.165, 1.54) is 6.07 Å². The molecule has 2 saturated heterocycles. The normalized spacial score (nSPS) is 22.1. The topological polar surface area (TPSA) is 76.6 Å². The molecule has 2 amide bonds. The van der Waals surface area contributed by atoms with E-state index in [-0.39, 0.29) is 23.8 Å². The Bertz CT molecular complexity index is 1260. The van der Waals surface area contributed by atoms with Crippen LogP contribution in [0.5, 0.6) is 0 Å². The molecule has 5 rings (SSSR count). The average molecular weight is 573 g/mol. The van der Waals surface area contributed by atoms with Crippen LogP contribution < -0.4 is 4.90 Å². The number of anilines is 1. The van der Waals surface area contributed by atoms with E-state index in [0.717, 1.165) is 13.1 Å². The zero-order valence-corrected chi connectivity index (χ0v) is 24.2. The number of morpholine rings is 1. The van der Waals surface area contributed by atoms with Crippen LogP contribution >= 0.6 is 11.6 Å². The molecule has 40 heavy (non-hydrogen) atoms. The second-order valence-corrected chi connectivity index (χ2v) is 12.5. The number of hydrogen-bond donors (Lipinski definition) is 1. The Balaban J connectivity index is 1.49. The number of aliphatic hydroxyl groups is 1. The van der Waals surface area contributed by atoms with Crippen molar-refractivity contribution < 1.29 is 23.8 Å². The largest absolute Gasteiger partial charge is 0.379 e. The lowest BCUT2D eigenvalue weighted by Gasteiger charge is -2.44. The van der Waals surface area contributed by atoms with Gasteiger partial charge in [-0.25, -0.2) is 4.39 Å². The van der Waals surface area contributed by atoms with Gasteiger partial charge in [0.25, 0.3) is 5.91 Å². The summed E-state index contributed by atoms with van der Waals surface area (Å²) in [5.74, 6) is -0.678. The highest BCUT2D eigenvalue weighted by Crippen LogP contribution is 2.36. The van der Waals surface area contributed by atoms with Gasteiger partial charge in [0.2, 0.25) is 5.91 Å². The monoisotopic (exact) mass is 572 g/mol. The SMILES string of the molecule is CC(C)(C)CC(=O)N1CCN2C(=O)c3cc(-c4ccc(Cl)cc4F)ccc3N(CCN3CCOCC3)C(O)C2C1. The zero-order chi connectivity index (χ0) is 28.6. The van der Waals surface area contributed by atoms with E-state index in [4.69, 9.17) is 16.3 Å². The first-order valence-electron chi connectivity index (χ1n) is 13.9. The van der Waals surface area contributed by atoms with Gasteiger partial charge in [-0.05, 0) is 41.3 Å². The number of amides is 2. The van der Waals surface area contributed by atoms with Crippen molar-refractivity contribution in [2.75, 3.05) is 63.9 Å². The number of nitrogens with zero attached hydrogens (tertiary/aromatic N) is 4.